The normalized spacial score (nSPS) is 11.1. The van der Waals surface area contributed by atoms with Crippen molar-refractivity contribution in [3.8, 4) is 5.75 Å². The Hall–Kier alpha value is -3.47. The first-order chi connectivity index (χ1) is 15.8. The lowest BCUT2D eigenvalue weighted by Crippen LogP contribution is -2.17. The van der Waals surface area contributed by atoms with Gasteiger partial charge in [-0.25, -0.2) is 4.79 Å². The first kappa shape index (κ1) is 24.2. The molecule has 3 rings (SSSR count). The lowest BCUT2D eigenvalue weighted by Gasteiger charge is -2.09. The van der Waals surface area contributed by atoms with E-state index in [0.717, 1.165) is 18.6 Å². The molecule has 0 radical (unpaired) electrons. The van der Waals surface area contributed by atoms with Crippen molar-refractivity contribution in [1.29, 1.82) is 0 Å². The van der Waals surface area contributed by atoms with E-state index in [9.17, 15) is 22.8 Å². The molecular formula is C22H20F3N3O4S. The summed E-state index contributed by atoms with van der Waals surface area (Å²) >= 11 is 1.21. The van der Waals surface area contributed by atoms with Crippen LogP contribution in [0.5, 0.6) is 5.75 Å². The van der Waals surface area contributed by atoms with E-state index in [1.165, 1.54) is 23.5 Å². The number of alkyl halides is 3. The van der Waals surface area contributed by atoms with E-state index in [0.29, 0.717) is 34.1 Å². The minimum Gasteiger partial charge on any atom is -0.462 e. The molecule has 33 heavy (non-hydrogen) atoms. The Labute approximate surface area is 191 Å². The lowest BCUT2D eigenvalue weighted by molar-refractivity contribution is -0.274. The standard InChI is InChI=1S/C22H20F3N3O4S/c23-22(24,25)32-17-10-6-7-15(13-17)14-18(29)26-21-28-27-19(33-21)11-4-5-12-31-20(30)16-8-2-1-3-9-16/h1-3,6-10,13H,4-5,11-12,14H2,(H,26,28,29). The van der Waals surface area contributed by atoms with Gasteiger partial charge < -0.3 is 14.8 Å². The van der Waals surface area contributed by atoms with Gasteiger partial charge in [0.05, 0.1) is 18.6 Å². The number of hydrogen-bond donors (Lipinski definition) is 1. The van der Waals surface area contributed by atoms with Gasteiger partial charge in [-0.1, -0.05) is 41.7 Å². The van der Waals surface area contributed by atoms with Crippen molar-refractivity contribution >= 4 is 28.3 Å². The number of amides is 1. The van der Waals surface area contributed by atoms with Gasteiger partial charge >= 0.3 is 12.3 Å². The van der Waals surface area contributed by atoms with Crippen LogP contribution < -0.4 is 10.1 Å². The second kappa shape index (κ2) is 11.4. The van der Waals surface area contributed by atoms with Crippen molar-refractivity contribution in [1.82, 2.24) is 10.2 Å². The fourth-order valence-corrected chi connectivity index (χ4v) is 3.61. The summed E-state index contributed by atoms with van der Waals surface area (Å²) < 4.78 is 46.0. The number of carbonyl (C=O) groups excluding carboxylic acids is 2. The third-order valence-corrected chi connectivity index (χ3v) is 5.14. The first-order valence-electron chi connectivity index (χ1n) is 9.97. The summed E-state index contributed by atoms with van der Waals surface area (Å²) in [5, 5.41) is 11.5. The molecular weight excluding hydrogens is 459 g/mol. The molecule has 1 N–H and O–H groups in total. The molecule has 0 aliphatic carbocycles. The van der Waals surface area contributed by atoms with Gasteiger partial charge in [-0.2, -0.15) is 0 Å². The van der Waals surface area contributed by atoms with Crippen molar-refractivity contribution in [3.63, 3.8) is 0 Å². The summed E-state index contributed by atoms with van der Waals surface area (Å²) in [7, 11) is 0. The molecule has 0 spiro atoms. The van der Waals surface area contributed by atoms with Gasteiger partial charge in [0.2, 0.25) is 11.0 Å². The number of esters is 1. The zero-order chi connectivity index (χ0) is 23.7. The number of nitrogens with zero attached hydrogens (tertiary/aromatic N) is 2. The third kappa shape index (κ3) is 8.53. The molecule has 11 heteroatoms. The highest BCUT2D eigenvalue weighted by Crippen LogP contribution is 2.24. The van der Waals surface area contributed by atoms with E-state index in [1.54, 1.807) is 24.3 Å². The number of carbonyl (C=O) groups is 2. The number of halogens is 3. The first-order valence-corrected chi connectivity index (χ1v) is 10.8. The Bertz CT molecular complexity index is 1070. The minimum absolute atomic E-state index is 0.142. The molecule has 174 valence electrons. The molecule has 0 saturated carbocycles. The van der Waals surface area contributed by atoms with Crippen LogP contribution in [0.2, 0.25) is 0 Å². The van der Waals surface area contributed by atoms with Crippen LogP contribution >= 0.6 is 11.3 Å². The summed E-state index contributed by atoms with van der Waals surface area (Å²) in [5.74, 6) is -1.19. The zero-order valence-corrected chi connectivity index (χ0v) is 18.1. The second-order valence-corrected chi connectivity index (χ2v) is 7.94. The Morgan fingerprint density at radius 1 is 1.00 bits per heavy atom. The average Bonchev–Trinajstić information content (AvgIpc) is 3.20. The van der Waals surface area contributed by atoms with Crippen molar-refractivity contribution < 1.29 is 32.2 Å². The number of ether oxygens (including phenoxy) is 2. The molecule has 0 aliphatic rings. The highest BCUT2D eigenvalue weighted by Gasteiger charge is 2.31. The number of aryl methyl sites for hydroxylation is 1. The molecule has 0 aliphatic heterocycles. The number of hydrogen-bond acceptors (Lipinski definition) is 7. The van der Waals surface area contributed by atoms with Crippen LogP contribution in [0, 0.1) is 0 Å². The molecule has 0 unspecified atom stereocenters. The zero-order valence-electron chi connectivity index (χ0n) is 17.3. The maximum absolute atomic E-state index is 12.3. The number of aromatic nitrogens is 2. The number of benzene rings is 2. The van der Waals surface area contributed by atoms with Gasteiger partial charge in [0.15, 0.2) is 0 Å². The van der Waals surface area contributed by atoms with E-state index in [1.807, 2.05) is 6.07 Å². The van der Waals surface area contributed by atoms with Crippen LogP contribution in [-0.4, -0.2) is 35.0 Å². The van der Waals surface area contributed by atoms with Crippen LogP contribution in [0.4, 0.5) is 18.3 Å². The van der Waals surface area contributed by atoms with Crippen molar-refractivity contribution in [2.75, 3.05) is 11.9 Å². The van der Waals surface area contributed by atoms with Gasteiger partial charge in [0.25, 0.3) is 0 Å². The van der Waals surface area contributed by atoms with Gasteiger partial charge in [-0.15, -0.1) is 23.4 Å². The number of rotatable bonds is 10. The average molecular weight is 479 g/mol. The van der Waals surface area contributed by atoms with Gasteiger partial charge in [-0.05, 0) is 42.7 Å². The van der Waals surface area contributed by atoms with Gasteiger partial charge in [0, 0.05) is 6.42 Å². The molecule has 2 aromatic carbocycles. The number of anilines is 1. The summed E-state index contributed by atoms with van der Waals surface area (Å²) in [4.78, 5) is 24.0. The smallest absolute Gasteiger partial charge is 0.462 e. The minimum atomic E-state index is -4.80. The van der Waals surface area contributed by atoms with E-state index < -0.39 is 12.3 Å². The predicted octanol–water partition coefficient (Wildman–Crippen LogP) is 4.80. The molecule has 0 fully saturated rings. The number of nitrogens with one attached hydrogen (secondary N) is 1. The van der Waals surface area contributed by atoms with Crippen LogP contribution in [0.15, 0.2) is 54.6 Å². The van der Waals surface area contributed by atoms with E-state index >= 15 is 0 Å². The van der Waals surface area contributed by atoms with Crippen molar-refractivity contribution in [3.05, 3.63) is 70.7 Å². The monoisotopic (exact) mass is 479 g/mol. The molecule has 0 atom stereocenters. The highest BCUT2D eigenvalue weighted by atomic mass is 32.1. The highest BCUT2D eigenvalue weighted by molar-refractivity contribution is 7.15. The number of unbranched alkanes of at least 4 members (excludes halogenated alkanes) is 1. The predicted molar refractivity (Wildman–Crippen MR) is 115 cm³/mol. The molecule has 3 aromatic rings. The van der Waals surface area contributed by atoms with Crippen molar-refractivity contribution in [2.24, 2.45) is 0 Å². The molecule has 7 nitrogen and oxygen atoms in total. The third-order valence-electron chi connectivity index (χ3n) is 4.24. The van der Waals surface area contributed by atoms with Gasteiger partial charge in [-0.3, -0.25) is 4.79 Å². The summed E-state index contributed by atoms with van der Waals surface area (Å²) in [6.45, 7) is 0.285. The van der Waals surface area contributed by atoms with Crippen LogP contribution in [0.1, 0.15) is 33.8 Å². The fourth-order valence-electron chi connectivity index (χ4n) is 2.81. The molecule has 1 aromatic heterocycles. The summed E-state index contributed by atoms with van der Waals surface area (Å²) in [6, 6.07) is 13.9. The Kier molecular flexibility index (Phi) is 8.36. The van der Waals surface area contributed by atoms with E-state index in [4.69, 9.17) is 4.74 Å². The Morgan fingerprint density at radius 3 is 2.55 bits per heavy atom. The van der Waals surface area contributed by atoms with E-state index in [-0.39, 0.29) is 24.7 Å². The topological polar surface area (TPSA) is 90.4 Å². The summed E-state index contributed by atoms with van der Waals surface area (Å²) in [6.07, 6.45) is -2.97. The molecule has 1 amide bonds. The Balaban J connectivity index is 1.38. The van der Waals surface area contributed by atoms with Crippen LogP contribution in [0.25, 0.3) is 0 Å². The SMILES string of the molecule is O=C(Cc1cccc(OC(F)(F)F)c1)Nc1nnc(CCCCOC(=O)c2ccccc2)s1. The summed E-state index contributed by atoms with van der Waals surface area (Å²) in [5.41, 5.74) is 0.866. The Morgan fingerprint density at radius 2 is 1.79 bits per heavy atom. The molecule has 1 heterocycles. The second-order valence-electron chi connectivity index (χ2n) is 6.88. The quantitative estimate of drug-likeness (QED) is 0.332. The van der Waals surface area contributed by atoms with Crippen molar-refractivity contribution in [2.45, 2.75) is 32.0 Å². The van der Waals surface area contributed by atoms with Gasteiger partial charge in [0.1, 0.15) is 10.8 Å². The van der Waals surface area contributed by atoms with E-state index in [2.05, 4.69) is 20.3 Å². The largest absolute Gasteiger partial charge is 0.573 e. The fraction of sp³-hybridized carbons (Fsp3) is 0.273. The van der Waals surface area contributed by atoms with Crippen LogP contribution in [-0.2, 0) is 22.4 Å². The van der Waals surface area contributed by atoms with Crippen LogP contribution in [0.3, 0.4) is 0 Å². The maximum Gasteiger partial charge on any atom is 0.573 e. The lowest BCUT2D eigenvalue weighted by atomic mass is 10.1. The molecule has 0 bridgehead atoms. The molecule has 0 saturated heterocycles. The maximum atomic E-state index is 12.3.